The van der Waals surface area contributed by atoms with Crippen LogP contribution in [-0.2, 0) is 11.3 Å². The highest BCUT2D eigenvalue weighted by atomic mass is 16.4. The van der Waals surface area contributed by atoms with Gasteiger partial charge in [0.05, 0.1) is 5.92 Å². The summed E-state index contributed by atoms with van der Waals surface area (Å²) in [4.78, 5) is 13.6. The van der Waals surface area contributed by atoms with E-state index in [1.165, 1.54) is 5.56 Å². The second-order valence-corrected chi connectivity index (χ2v) is 6.23. The van der Waals surface area contributed by atoms with Gasteiger partial charge >= 0.3 is 5.97 Å². The maximum absolute atomic E-state index is 11.3. The normalized spacial score (nSPS) is 29.0. The summed E-state index contributed by atoms with van der Waals surface area (Å²) < 4.78 is 0. The van der Waals surface area contributed by atoms with Crippen LogP contribution < -0.4 is 0 Å². The number of nitrogens with zero attached hydrogens (tertiary/aromatic N) is 1. The number of hydrogen-bond donors (Lipinski definition) is 2. The third-order valence-corrected chi connectivity index (χ3v) is 4.91. The van der Waals surface area contributed by atoms with Crippen molar-refractivity contribution in [3.8, 4) is 5.75 Å². The zero-order valence-corrected chi connectivity index (χ0v) is 12.0. The van der Waals surface area contributed by atoms with Gasteiger partial charge in [-0.05, 0) is 49.8 Å². The standard InChI is InChI=1S/C16H21NO3/c1-9-5-11(6-10(2)15(9)18)8-17-12-3-4-14(17)13(7-12)16(19)20/h5-6,12-14,18H,3-4,7-8H2,1-2H3,(H,19,20). The van der Waals surface area contributed by atoms with E-state index in [2.05, 4.69) is 4.90 Å². The number of benzene rings is 1. The number of rotatable bonds is 3. The molecule has 2 aliphatic heterocycles. The molecule has 2 N–H and O–H groups in total. The monoisotopic (exact) mass is 275 g/mol. The highest BCUT2D eigenvalue weighted by Crippen LogP contribution is 2.42. The number of aryl methyl sites for hydroxylation is 2. The zero-order valence-electron chi connectivity index (χ0n) is 12.0. The molecule has 20 heavy (non-hydrogen) atoms. The Bertz CT molecular complexity index is 532. The molecule has 2 heterocycles. The summed E-state index contributed by atoms with van der Waals surface area (Å²) in [6.45, 7) is 4.61. The van der Waals surface area contributed by atoms with E-state index >= 15 is 0 Å². The Morgan fingerprint density at radius 2 is 1.95 bits per heavy atom. The molecule has 1 aromatic rings. The fourth-order valence-electron chi connectivity index (χ4n) is 3.96. The highest BCUT2D eigenvalue weighted by molar-refractivity contribution is 5.71. The number of hydrogen-bond acceptors (Lipinski definition) is 3. The molecule has 0 spiro atoms. The minimum atomic E-state index is -0.653. The van der Waals surface area contributed by atoms with E-state index in [-0.39, 0.29) is 12.0 Å². The van der Waals surface area contributed by atoms with Gasteiger partial charge in [0.2, 0.25) is 0 Å². The Hall–Kier alpha value is -1.55. The molecule has 2 fully saturated rings. The van der Waals surface area contributed by atoms with Crippen LogP contribution in [0.25, 0.3) is 0 Å². The number of fused-ring (bicyclic) bond motifs is 2. The average Bonchev–Trinajstić information content (AvgIpc) is 2.93. The average molecular weight is 275 g/mol. The molecular formula is C16H21NO3. The molecule has 4 heteroatoms. The van der Waals surface area contributed by atoms with Gasteiger partial charge in [0.1, 0.15) is 5.75 Å². The molecule has 2 bridgehead atoms. The number of phenols is 1. The third kappa shape index (κ3) is 2.08. The molecule has 2 saturated heterocycles. The van der Waals surface area contributed by atoms with Gasteiger partial charge in [-0.15, -0.1) is 0 Å². The van der Waals surface area contributed by atoms with Crippen LogP contribution in [0.1, 0.15) is 36.0 Å². The predicted molar refractivity (Wildman–Crippen MR) is 75.7 cm³/mol. The van der Waals surface area contributed by atoms with Crippen molar-refractivity contribution in [2.75, 3.05) is 0 Å². The molecule has 1 aromatic carbocycles. The summed E-state index contributed by atoms with van der Waals surface area (Å²) in [6, 6.07) is 4.62. The Morgan fingerprint density at radius 3 is 2.50 bits per heavy atom. The van der Waals surface area contributed by atoms with Crippen LogP contribution >= 0.6 is 0 Å². The van der Waals surface area contributed by atoms with Gasteiger partial charge in [-0.25, -0.2) is 0 Å². The summed E-state index contributed by atoms with van der Waals surface area (Å²) in [6.07, 6.45) is 2.90. The van der Waals surface area contributed by atoms with E-state index in [4.69, 9.17) is 0 Å². The minimum absolute atomic E-state index is 0.187. The van der Waals surface area contributed by atoms with Gasteiger partial charge in [-0.3, -0.25) is 9.69 Å². The molecule has 0 saturated carbocycles. The topological polar surface area (TPSA) is 60.8 Å². The number of carboxylic acid groups (broad SMARTS) is 1. The smallest absolute Gasteiger partial charge is 0.308 e. The molecule has 3 rings (SSSR count). The van der Waals surface area contributed by atoms with Gasteiger partial charge in [0, 0.05) is 18.6 Å². The lowest BCUT2D eigenvalue weighted by molar-refractivity contribution is -0.142. The van der Waals surface area contributed by atoms with E-state index in [0.29, 0.717) is 11.8 Å². The zero-order chi connectivity index (χ0) is 14.4. The van der Waals surface area contributed by atoms with Crippen LogP contribution in [0.15, 0.2) is 12.1 Å². The van der Waals surface area contributed by atoms with Crippen molar-refractivity contribution in [1.29, 1.82) is 0 Å². The van der Waals surface area contributed by atoms with E-state index < -0.39 is 5.97 Å². The van der Waals surface area contributed by atoms with Gasteiger partial charge in [-0.2, -0.15) is 0 Å². The van der Waals surface area contributed by atoms with Gasteiger partial charge in [0.25, 0.3) is 0 Å². The summed E-state index contributed by atoms with van der Waals surface area (Å²) in [5.41, 5.74) is 2.95. The molecule has 0 aliphatic carbocycles. The van der Waals surface area contributed by atoms with Gasteiger partial charge in [0.15, 0.2) is 0 Å². The summed E-state index contributed by atoms with van der Waals surface area (Å²) >= 11 is 0. The molecule has 0 amide bonds. The maximum atomic E-state index is 11.3. The van der Waals surface area contributed by atoms with E-state index in [0.717, 1.165) is 36.9 Å². The van der Waals surface area contributed by atoms with Crippen molar-refractivity contribution in [3.05, 3.63) is 28.8 Å². The number of carboxylic acids is 1. The molecule has 108 valence electrons. The van der Waals surface area contributed by atoms with Crippen molar-refractivity contribution in [2.24, 2.45) is 5.92 Å². The summed E-state index contributed by atoms with van der Waals surface area (Å²) in [5, 5.41) is 19.1. The Kier molecular flexibility index (Phi) is 3.21. The first-order valence-electron chi connectivity index (χ1n) is 7.25. The van der Waals surface area contributed by atoms with E-state index in [9.17, 15) is 15.0 Å². The van der Waals surface area contributed by atoms with Crippen molar-refractivity contribution < 1.29 is 15.0 Å². The van der Waals surface area contributed by atoms with Crippen LogP contribution in [0.2, 0.25) is 0 Å². The molecular weight excluding hydrogens is 254 g/mol. The quantitative estimate of drug-likeness (QED) is 0.889. The summed E-state index contributed by atoms with van der Waals surface area (Å²) in [5.74, 6) is -0.491. The van der Waals surface area contributed by atoms with Gasteiger partial charge < -0.3 is 10.2 Å². The lowest BCUT2D eigenvalue weighted by atomic mass is 9.89. The Morgan fingerprint density at radius 1 is 1.30 bits per heavy atom. The number of carbonyl (C=O) groups is 1. The number of aliphatic carboxylic acids is 1. The molecule has 4 nitrogen and oxygen atoms in total. The maximum Gasteiger partial charge on any atom is 0.308 e. The fourth-order valence-corrected chi connectivity index (χ4v) is 3.96. The lowest BCUT2D eigenvalue weighted by Gasteiger charge is -2.23. The van der Waals surface area contributed by atoms with Gasteiger partial charge in [-0.1, -0.05) is 12.1 Å². The largest absolute Gasteiger partial charge is 0.507 e. The van der Waals surface area contributed by atoms with Crippen molar-refractivity contribution in [2.45, 2.75) is 51.7 Å². The van der Waals surface area contributed by atoms with Crippen molar-refractivity contribution >= 4 is 5.97 Å². The molecule has 3 unspecified atom stereocenters. The van der Waals surface area contributed by atoms with E-state index in [1.54, 1.807) is 0 Å². The second-order valence-electron chi connectivity index (χ2n) is 6.23. The molecule has 3 atom stereocenters. The molecule has 0 radical (unpaired) electrons. The van der Waals surface area contributed by atoms with Crippen LogP contribution in [-0.4, -0.2) is 33.2 Å². The fraction of sp³-hybridized carbons (Fsp3) is 0.562. The van der Waals surface area contributed by atoms with Crippen LogP contribution in [0.4, 0.5) is 0 Å². The highest BCUT2D eigenvalue weighted by Gasteiger charge is 2.48. The van der Waals surface area contributed by atoms with Crippen LogP contribution in [0.3, 0.4) is 0 Å². The van der Waals surface area contributed by atoms with Crippen LogP contribution in [0.5, 0.6) is 5.75 Å². The molecule has 2 aliphatic rings. The van der Waals surface area contributed by atoms with Crippen molar-refractivity contribution in [3.63, 3.8) is 0 Å². The predicted octanol–water partition coefficient (Wildman–Crippen LogP) is 2.45. The van der Waals surface area contributed by atoms with Crippen LogP contribution in [0, 0.1) is 19.8 Å². The minimum Gasteiger partial charge on any atom is -0.507 e. The lowest BCUT2D eigenvalue weighted by Crippen LogP contribution is -2.32. The number of aromatic hydroxyl groups is 1. The first-order valence-corrected chi connectivity index (χ1v) is 7.25. The SMILES string of the molecule is Cc1cc(CN2C3CCC2C(C(=O)O)C3)cc(C)c1O. The number of phenolic OH excluding ortho intramolecular Hbond substituents is 1. The van der Waals surface area contributed by atoms with E-state index in [1.807, 2.05) is 26.0 Å². The second kappa shape index (κ2) is 4.77. The first-order chi connectivity index (χ1) is 9.47. The Labute approximate surface area is 119 Å². The molecule has 0 aromatic heterocycles. The third-order valence-electron chi connectivity index (χ3n) is 4.91. The summed E-state index contributed by atoms with van der Waals surface area (Å²) in [7, 11) is 0. The van der Waals surface area contributed by atoms with Crippen molar-refractivity contribution in [1.82, 2.24) is 4.90 Å². The first kappa shape index (κ1) is 13.4. The Balaban J connectivity index is 1.81.